The van der Waals surface area contributed by atoms with Gasteiger partial charge in [0.2, 0.25) is 5.60 Å². The molecule has 0 amide bonds. The number of carbonyl (C=O) groups is 1. The van der Waals surface area contributed by atoms with E-state index in [0.29, 0.717) is 11.1 Å². The maximum atomic E-state index is 12.0. The number of methoxy groups -OCH3 is 1. The fraction of sp³-hybridized carbons (Fsp3) is 0.133. The van der Waals surface area contributed by atoms with Crippen LogP contribution < -0.4 is 0 Å². The summed E-state index contributed by atoms with van der Waals surface area (Å²) in [6, 6.07) is 11.7. The second-order valence-electron chi connectivity index (χ2n) is 4.57. The molecule has 0 aliphatic heterocycles. The minimum atomic E-state index is -1.41. The largest absolute Gasteiger partial charge is 0.479 e. The van der Waals surface area contributed by atoms with E-state index >= 15 is 0 Å². The highest BCUT2D eigenvalue weighted by Gasteiger charge is 2.50. The quantitative estimate of drug-likeness (QED) is 0.649. The van der Waals surface area contributed by atoms with Crippen molar-refractivity contribution in [1.29, 1.82) is 0 Å². The molecule has 0 bridgehead atoms. The summed E-state index contributed by atoms with van der Waals surface area (Å²) in [6.45, 7) is 0. The van der Waals surface area contributed by atoms with Gasteiger partial charge in [0.05, 0.1) is 0 Å². The van der Waals surface area contributed by atoms with Crippen LogP contribution in [-0.2, 0) is 15.1 Å². The first-order chi connectivity index (χ1) is 9.50. The van der Waals surface area contributed by atoms with Gasteiger partial charge < -0.3 is 9.84 Å². The Hall–Kier alpha value is -0.670. The van der Waals surface area contributed by atoms with E-state index in [1.807, 2.05) is 36.4 Å². The Balaban J connectivity index is 2.44. The molecule has 1 N–H and O–H groups in total. The second kappa shape index (κ2) is 4.96. The van der Waals surface area contributed by atoms with Crippen LogP contribution in [0.4, 0.5) is 0 Å². The predicted octanol–water partition coefficient (Wildman–Crippen LogP) is 3.85. The van der Waals surface area contributed by atoms with Crippen molar-refractivity contribution in [3.05, 3.63) is 54.7 Å². The lowest BCUT2D eigenvalue weighted by Crippen LogP contribution is -2.37. The lowest BCUT2D eigenvalue weighted by Gasteiger charge is -2.25. The monoisotopic (exact) mass is 492 g/mol. The van der Waals surface area contributed by atoms with Crippen LogP contribution in [0.2, 0.25) is 0 Å². The second-order valence-corrected chi connectivity index (χ2v) is 7.06. The number of carboxylic acid groups (broad SMARTS) is 1. The van der Waals surface area contributed by atoms with Crippen LogP contribution in [0.15, 0.2) is 36.4 Å². The van der Waals surface area contributed by atoms with Crippen molar-refractivity contribution in [2.24, 2.45) is 0 Å². The Labute approximate surface area is 143 Å². The summed E-state index contributed by atoms with van der Waals surface area (Å²) in [5.41, 5.74) is 1.86. The third-order valence-corrected chi connectivity index (χ3v) is 4.96. The zero-order valence-corrected chi connectivity index (χ0v) is 14.8. The summed E-state index contributed by atoms with van der Waals surface area (Å²) >= 11 is 4.37. The van der Waals surface area contributed by atoms with Crippen molar-refractivity contribution >= 4 is 51.2 Å². The van der Waals surface area contributed by atoms with Crippen molar-refractivity contribution in [3.8, 4) is 11.1 Å². The Morgan fingerprint density at radius 3 is 1.85 bits per heavy atom. The molecule has 1 aliphatic rings. The van der Waals surface area contributed by atoms with E-state index in [-0.39, 0.29) is 0 Å². The number of aliphatic carboxylic acids is 1. The fourth-order valence-corrected chi connectivity index (χ4v) is 3.75. The number of hydrogen-bond acceptors (Lipinski definition) is 2. The van der Waals surface area contributed by atoms with Crippen LogP contribution >= 0.6 is 45.2 Å². The molecule has 0 atom stereocenters. The molecule has 2 aromatic carbocycles. The van der Waals surface area contributed by atoms with Gasteiger partial charge >= 0.3 is 5.97 Å². The van der Waals surface area contributed by atoms with E-state index in [9.17, 15) is 9.90 Å². The number of carboxylic acids is 1. The van der Waals surface area contributed by atoms with Crippen LogP contribution in [0.1, 0.15) is 11.1 Å². The molecule has 0 unspecified atom stereocenters. The Bertz CT molecular complexity index is 674. The van der Waals surface area contributed by atoms with Crippen molar-refractivity contribution in [2.75, 3.05) is 7.11 Å². The lowest BCUT2D eigenvalue weighted by molar-refractivity contribution is -0.157. The van der Waals surface area contributed by atoms with Crippen LogP contribution in [0, 0.1) is 7.14 Å². The van der Waals surface area contributed by atoms with Gasteiger partial charge in [-0.1, -0.05) is 12.1 Å². The van der Waals surface area contributed by atoms with E-state index in [1.165, 1.54) is 7.11 Å². The van der Waals surface area contributed by atoms with Crippen molar-refractivity contribution in [2.45, 2.75) is 5.60 Å². The highest BCUT2D eigenvalue weighted by atomic mass is 127. The molecule has 0 heterocycles. The normalized spacial score (nSPS) is 14.8. The van der Waals surface area contributed by atoms with Gasteiger partial charge in [-0.3, -0.25) is 0 Å². The molecule has 5 heteroatoms. The smallest absolute Gasteiger partial charge is 0.345 e. The zero-order valence-electron chi connectivity index (χ0n) is 10.5. The third kappa shape index (κ3) is 1.82. The lowest BCUT2D eigenvalue weighted by atomic mass is 9.91. The van der Waals surface area contributed by atoms with Gasteiger partial charge in [-0.25, -0.2) is 4.79 Å². The first kappa shape index (κ1) is 14.3. The molecule has 2 aromatic rings. The number of rotatable bonds is 2. The number of ether oxygens (including phenoxy) is 1. The Morgan fingerprint density at radius 2 is 1.50 bits per heavy atom. The summed E-state index contributed by atoms with van der Waals surface area (Å²) in [5.74, 6) is -0.982. The number of fused-ring (bicyclic) bond motifs is 3. The summed E-state index contributed by atoms with van der Waals surface area (Å²) in [7, 11) is 1.45. The van der Waals surface area contributed by atoms with E-state index in [1.54, 1.807) is 0 Å². The Kier molecular flexibility index (Phi) is 3.54. The molecule has 3 nitrogen and oxygen atoms in total. The van der Waals surface area contributed by atoms with Gasteiger partial charge in [0.15, 0.2) is 0 Å². The van der Waals surface area contributed by atoms with E-state index < -0.39 is 11.6 Å². The highest BCUT2D eigenvalue weighted by molar-refractivity contribution is 14.1. The molecular formula is C15H10I2O3. The van der Waals surface area contributed by atoms with Gasteiger partial charge in [-0.2, -0.15) is 0 Å². The van der Waals surface area contributed by atoms with Crippen molar-refractivity contribution < 1.29 is 14.6 Å². The molecule has 3 rings (SSSR count). The van der Waals surface area contributed by atoms with E-state index in [2.05, 4.69) is 45.2 Å². The number of hydrogen-bond donors (Lipinski definition) is 1. The average Bonchev–Trinajstić information content (AvgIpc) is 2.67. The average molecular weight is 492 g/mol. The predicted molar refractivity (Wildman–Crippen MR) is 92.7 cm³/mol. The summed E-state index contributed by atoms with van der Waals surface area (Å²) in [5, 5.41) is 9.81. The standard InChI is InChI=1S/C15H10I2O3/c1-20-15(14(18)19)12-6-8(16)2-4-10(12)11-5-3-9(17)7-13(11)15/h2-7H,1H3,(H,18,19). The van der Waals surface area contributed by atoms with Crippen LogP contribution in [0.5, 0.6) is 0 Å². The molecular weight excluding hydrogens is 482 g/mol. The molecule has 0 saturated heterocycles. The molecule has 102 valence electrons. The van der Waals surface area contributed by atoms with Gasteiger partial charge in [0.25, 0.3) is 0 Å². The summed E-state index contributed by atoms with van der Waals surface area (Å²) in [4.78, 5) is 12.0. The fourth-order valence-electron chi connectivity index (χ4n) is 2.77. The number of halogens is 2. The van der Waals surface area contributed by atoms with Gasteiger partial charge in [0.1, 0.15) is 0 Å². The third-order valence-electron chi connectivity index (χ3n) is 3.62. The van der Waals surface area contributed by atoms with Crippen molar-refractivity contribution in [3.63, 3.8) is 0 Å². The molecule has 0 aromatic heterocycles. The van der Waals surface area contributed by atoms with E-state index in [4.69, 9.17) is 4.74 Å². The minimum Gasteiger partial charge on any atom is -0.479 e. The highest BCUT2D eigenvalue weighted by Crippen LogP contribution is 2.50. The van der Waals surface area contributed by atoms with E-state index in [0.717, 1.165) is 18.3 Å². The molecule has 0 fully saturated rings. The molecule has 0 radical (unpaired) electrons. The summed E-state index contributed by atoms with van der Waals surface area (Å²) in [6.07, 6.45) is 0. The van der Waals surface area contributed by atoms with Crippen LogP contribution in [-0.4, -0.2) is 18.2 Å². The molecule has 0 spiro atoms. The van der Waals surface area contributed by atoms with Crippen LogP contribution in [0.25, 0.3) is 11.1 Å². The minimum absolute atomic E-state index is 0.705. The first-order valence-corrected chi connectivity index (χ1v) is 8.05. The van der Waals surface area contributed by atoms with Crippen molar-refractivity contribution in [1.82, 2.24) is 0 Å². The van der Waals surface area contributed by atoms with Gasteiger partial charge in [-0.15, -0.1) is 0 Å². The molecule has 20 heavy (non-hydrogen) atoms. The molecule has 1 aliphatic carbocycles. The van der Waals surface area contributed by atoms with Gasteiger partial charge in [0, 0.05) is 25.4 Å². The first-order valence-electron chi connectivity index (χ1n) is 5.89. The molecule has 0 saturated carbocycles. The zero-order chi connectivity index (χ0) is 14.5. The Morgan fingerprint density at radius 1 is 1.05 bits per heavy atom. The van der Waals surface area contributed by atoms with Gasteiger partial charge in [-0.05, 0) is 80.6 Å². The topological polar surface area (TPSA) is 46.5 Å². The number of benzene rings is 2. The maximum Gasteiger partial charge on any atom is 0.345 e. The summed E-state index contributed by atoms with van der Waals surface area (Å²) < 4.78 is 7.50. The maximum absolute atomic E-state index is 12.0. The van der Waals surface area contributed by atoms with Crippen LogP contribution in [0.3, 0.4) is 0 Å². The SMILES string of the molecule is COC1(C(=O)O)c2cc(I)ccc2-c2ccc(I)cc21.